The van der Waals surface area contributed by atoms with Gasteiger partial charge in [0.15, 0.2) is 0 Å². The van der Waals surface area contributed by atoms with Crippen LogP contribution >= 0.6 is 22.6 Å². The summed E-state index contributed by atoms with van der Waals surface area (Å²) in [6.07, 6.45) is 1.17. The largest absolute Gasteiger partial charge is 0.394 e. The van der Waals surface area contributed by atoms with Crippen molar-refractivity contribution in [1.29, 1.82) is 0 Å². The summed E-state index contributed by atoms with van der Waals surface area (Å²) in [4.78, 5) is 25.1. The quantitative estimate of drug-likeness (QED) is 0.752. The van der Waals surface area contributed by atoms with Gasteiger partial charge in [0.1, 0.15) is 6.23 Å². The van der Waals surface area contributed by atoms with E-state index >= 15 is 0 Å². The highest BCUT2D eigenvalue weighted by molar-refractivity contribution is 14.1. The van der Waals surface area contributed by atoms with E-state index in [-0.39, 0.29) is 12.7 Å². The van der Waals surface area contributed by atoms with Gasteiger partial charge in [0.25, 0.3) is 5.56 Å². The van der Waals surface area contributed by atoms with Crippen molar-refractivity contribution >= 4 is 22.6 Å². The zero-order valence-corrected chi connectivity index (χ0v) is 11.8. The zero-order chi connectivity index (χ0) is 13.0. The molecule has 17 heavy (non-hydrogen) atoms. The predicted octanol–water partition coefficient (Wildman–Crippen LogP) is 0.447. The van der Waals surface area contributed by atoms with Gasteiger partial charge in [-0.05, 0) is 35.9 Å². The third kappa shape index (κ3) is 3.65. The van der Waals surface area contributed by atoms with E-state index in [4.69, 9.17) is 9.84 Å². The molecule has 0 saturated heterocycles. The average Bonchev–Trinajstić information content (AvgIpc) is 2.30. The van der Waals surface area contributed by atoms with Crippen LogP contribution in [-0.4, -0.2) is 27.4 Å². The van der Waals surface area contributed by atoms with Crippen LogP contribution in [0.2, 0.25) is 0 Å². The minimum Gasteiger partial charge on any atom is -0.394 e. The predicted molar refractivity (Wildman–Crippen MR) is 71.0 cm³/mol. The molecule has 0 radical (unpaired) electrons. The number of ether oxygens (including phenoxy) is 1. The van der Waals surface area contributed by atoms with Crippen molar-refractivity contribution in [2.45, 2.75) is 32.6 Å². The first-order chi connectivity index (χ1) is 7.99. The van der Waals surface area contributed by atoms with Crippen molar-refractivity contribution < 1.29 is 9.84 Å². The van der Waals surface area contributed by atoms with E-state index in [1.54, 1.807) is 6.92 Å². The van der Waals surface area contributed by atoms with E-state index in [2.05, 4.69) is 4.98 Å². The van der Waals surface area contributed by atoms with Crippen LogP contribution in [0.3, 0.4) is 0 Å². The Kier molecular flexibility index (Phi) is 5.34. The molecule has 2 atom stereocenters. The molecular formula is C10H15IN2O4. The van der Waals surface area contributed by atoms with Crippen molar-refractivity contribution in [2.24, 2.45) is 0 Å². The van der Waals surface area contributed by atoms with Gasteiger partial charge in [0, 0.05) is 6.20 Å². The maximum Gasteiger partial charge on any atom is 0.330 e. The van der Waals surface area contributed by atoms with Gasteiger partial charge >= 0.3 is 5.69 Å². The SMILES string of the molecule is CCC(O[C@@H](C)CO)n1cc(I)c(=O)[nH]c1=O. The zero-order valence-electron chi connectivity index (χ0n) is 9.64. The molecule has 0 fully saturated rings. The second-order valence-corrected chi connectivity index (χ2v) is 4.80. The summed E-state index contributed by atoms with van der Waals surface area (Å²) >= 11 is 1.85. The van der Waals surface area contributed by atoms with Crippen molar-refractivity contribution in [3.63, 3.8) is 0 Å². The lowest BCUT2D eigenvalue weighted by Gasteiger charge is -2.21. The average molecular weight is 354 g/mol. The van der Waals surface area contributed by atoms with Crippen LogP contribution < -0.4 is 11.2 Å². The fourth-order valence-corrected chi connectivity index (χ4v) is 1.78. The molecule has 2 N–H and O–H groups in total. The number of aromatic nitrogens is 2. The second-order valence-electron chi connectivity index (χ2n) is 3.64. The highest BCUT2D eigenvalue weighted by atomic mass is 127. The number of H-pyrrole nitrogens is 1. The standard InChI is InChI=1S/C10H15IN2O4/c1-3-8(17-6(2)5-14)13-4-7(11)9(15)12-10(13)16/h4,6,8,14H,3,5H2,1-2H3,(H,12,15,16)/t6-,8?/m0/s1. The molecule has 1 rings (SSSR count). The van der Waals surface area contributed by atoms with Gasteiger partial charge in [-0.1, -0.05) is 6.92 Å². The van der Waals surface area contributed by atoms with Gasteiger partial charge < -0.3 is 9.84 Å². The van der Waals surface area contributed by atoms with E-state index in [0.29, 0.717) is 9.99 Å². The summed E-state index contributed by atoms with van der Waals surface area (Å²) in [6.45, 7) is 3.45. The number of rotatable bonds is 5. The Morgan fingerprint density at radius 2 is 2.24 bits per heavy atom. The first kappa shape index (κ1) is 14.4. The maximum absolute atomic E-state index is 11.6. The number of aliphatic hydroxyl groups is 1. The van der Waals surface area contributed by atoms with Crippen LogP contribution in [-0.2, 0) is 4.74 Å². The molecule has 1 unspecified atom stereocenters. The Balaban J connectivity index is 3.08. The van der Waals surface area contributed by atoms with Gasteiger partial charge in [0.2, 0.25) is 0 Å². The number of halogens is 1. The summed E-state index contributed by atoms with van der Waals surface area (Å²) in [5.74, 6) is 0. The first-order valence-electron chi connectivity index (χ1n) is 5.26. The lowest BCUT2D eigenvalue weighted by molar-refractivity contribution is -0.0697. The molecule has 1 aromatic heterocycles. The third-order valence-corrected chi connectivity index (χ3v) is 3.00. The summed E-state index contributed by atoms with van der Waals surface area (Å²) in [6, 6.07) is 0. The molecule has 96 valence electrons. The van der Waals surface area contributed by atoms with E-state index in [1.807, 2.05) is 29.5 Å². The molecule has 0 aliphatic heterocycles. The minimum absolute atomic E-state index is 0.119. The van der Waals surface area contributed by atoms with Crippen molar-refractivity contribution in [2.75, 3.05) is 6.61 Å². The highest BCUT2D eigenvalue weighted by Crippen LogP contribution is 2.13. The summed E-state index contributed by atoms with van der Waals surface area (Å²) < 4.78 is 7.24. The van der Waals surface area contributed by atoms with E-state index in [1.165, 1.54) is 10.8 Å². The topological polar surface area (TPSA) is 84.3 Å². The third-order valence-electron chi connectivity index (χ3n) is 2.23. The molecule has 0 amide bonds. The first-order valence-corrected chi connectivity index (χ1v) is 6.34. The van der Waals surface area contributed by atoms with Crippen molar-refractivity contribution in [1.82, 2.24) is 9.55 Å². The molecule has 0 aliphatic carbocycles. The van der Waals surface area contributed by atoms with Crippen LogP contribution in [0.1, 0.15) is 26.5 Å². The maximum atomic E-state index is 11.6. The molecule has 6 nitrogen and oxygen atoms in total. The Hall–Kier alpha value is -0.670. The molecule has 7 heteroatoms. The Labute approximate surface area is 112 Å². The molecule has 0 aliphatic rings. The van der Waals surface area contributed by atoms with E-state index in [9.17, 15) is 9.59 Å². The number of nitrogens with zero attached hydrogens (tertiary/aromatic N) is 1. The molecule has 1 heterocycles. The van der Waals surface area contributed by atoms with E-state index in [0.717, 1.165) is 0 Å². The fourth-order valence-electron chi connectivity index (χ4n) is 1.34. The lowest BCUT2D eigenvalue weighted by Crippen LogP contribution is -2.35. The van der Waals surface area contributed by atoms with Crippen LogP contribution in [0.15, 0.2) is 15.8 Å². The van der Waals surface area contributed by atoms with Crippen molar-refractivity contribution in [3.8, 4) is 0 Å². The summed E-state index contributed by atoms with van der Waals surface area (Å²) in [7, 11) is 0. The number of hydrogen-bond acceptors (Lipinski definition) is 4. The number of aromatic amines is 1. The van der Waals surface area contributed by atoms with Gasteiger partial charge in [-0.2, -0.15) is 0 Å². The Morgan fingerprint density at radius 1 is 1.59 bits per heavy atom. The minimum atomic E-state index is -0.507. The van der Waals surface area contributed by atoms with Crippen LogP contribution in [0.25, 0.3) is 0 Å². The van der Waals surface area contributed by atoms with Gasteiger partial charge in [0.05, 0.1) is 16.3 Å². The van der Waals surface area contributed by atoms with Gasteiger partial charge in [-0.15, -0.1) is 0 Å². The van der Waals surface area contributed by atoms with Gasteiger partial charge in [-0.3, -0.25) is 14.3 Å². The lowest BCUT2D eigenvalue weighted by atomic mass is 10.3. The summed E-state index contributed by atoms with van der Waals surface area (Å²) in [5.41, 5.74) is -0.913. The summed E-state index contributed by atoms with van der Waals surface area (Å²) in [5, 5.41) is 8.92. The molecule has 1 aromatic rings. The van der Waals surface area contributed by atoms with Crippen LogP contribution in [0.4, 0.5) is 0 Å². The fraction of sp³-hybridized carbons (Fsp3) is 0.600. The van der Waals surface area contributed by atoms with Crippen LogP contribution in [0.5, 0.6) is 0 Å². The normalized spacial score (nSPS) is 14.6. The smallest absolute Gasteiger partial charge is 0.330 e. The number of aliphatic hydroxyl groups excluding tert-OH is 1. The van der Waals surface area contributed by atoms with Crippen LogP contribution in [0, 0.1) is 3.57 Å². The molecule has 0 spiro atoms. The molecule has 0 aromatic carbocycles. The number of hydrogen-bond donors (Lipinski definition) is 2. The van der Waals surface area contributed by atoms with Crippen molar-refractivity contribution in [3.05, 3.63) is 30.6 Å². The monoisotopic (exact) mass is 354 g/mol. The molecular weight excluding hydrogens is 339 g/mol. The highest BCUT2D eigenvalue weighted by Gasteiger charge is 2.15. The molecule has 0 bridgehead atoms. The number of nitrogens with one attached hydrogen (secondary N) is 1. The Morgan fingerprint density at radius 3 is 2.76 bits per heavy atom. The van der Waals surface area contributed by atoms with Gasteiger partial charge in [-0.25, -0.2) is 4.79 Å². The van der Waals surface area contributed by atoms with E-state index < -0.39 is 17.5 Å². The second kappa shape index (κ2) is 6.31. The molecule has 0 saturated carbocycles. The Bertz CT molecular complexity index is 482.